The average Bonchev–Trinajstić information content (AvgIpc) is 2.37. The summed E-state index contributed by atoms with van der Waals surface area (Å²) in [7, 11) is -3.20. The lowest BCUT2D eigenvalue weighted by atomic mass is 10.0. The van der Waals surface area contributed by atoms with Crippen LogP contribution in [-0.2, 0) is 9.84 Å². The van der Waals surface area contributed by atoms with Crippen LogP contribution >= 0.6 is 0 Å². The maximum Gasteiger partial charge on any atom is 0.169 e. The topological polar surface area (TPSA) is 47.0 Å². The molecule has 0 unspecified atom stereocenters. The number of rotatable bonds is 3. The Hall–Kier alpha value is -1.94. The predicted molar refractivity (Wildman–Crippen MR) is 72.6 cm³/mol. The molecule has 18 heavy (non-hydrogen) atoms. The zero-order valence-corrected chi connectivity index (χ0v) is 10.8. The van der Waals surface area contributed by atoms with E-state index in [1.54, 1.807) is 24.5 Å². The highest BCUT2D eigenvalue weighted by Gasteiger charge is 2.08. The second-order valence-electron chi connectivity index (χ2n) is 3.96. The van der Waals surface area contributed by atoms with Gasteiger partial charge in [0.15, 0.2) is 9.84 Å². The van der Waals surface area contributed by atoms with Crippen LogP contribution in [0.2, 0.25) is 0 Å². The van der Waals surface area contributed by atoms with Crippen molar-refractivity contribution < 1.29 is 8.42 Å². The van der Waals surface area contributed by atoms with E-state index >= 15 is 0 Å². The molecule has 0 bridgehead atoms. The summed E-state index contributed by atoms with van der Waals surface area (Å²) < 4.78 is 23.0. The fraction of sp³-hybridized carbons (Fsp3) is 0.0714. The molecular weight excluding hydrogens is 246 g/mol. The second kappa shape index (κ2) is 5.14. The van der Waals surface area contributed by atoms with Crippen molar-refractivity contribution in [1.82, 2.24) is 4.98 Å². The van der Waals surface area contributed by atoms with Crippen molar-refractivity contribution in [3.05, 3.63) is 71.4 Å². The summed E-state index contributed by atoms with van der Waals surface area (Å²) in [4.78, 5) is 3.94. The number of aromatic nitrogens is 1. The predicted octanol–water partition coefficient (Wildman–Crippen LogP) is 2.52. The Labute approximate surface area is 107 Å². The third-order valence-electron chi connectivity index (χ3n) is 2.41. The smallest absolute Gasteiger partial charge is 0.169 e. The Morgan fingerprint density at radius 3 is 2.11 bits per heavy atom. The molecule has 0 saturated carbocycles. The summed E-state index contributed by atoms with van der Waals surface area (Å²) >= 11 is 0. The zero-order valence-electron chi connectivity index (χ0n) is 9.95. The van der Waals surface area contributed by atoms with Crippen LogP contribution in [0, 0.1) is 0 Å². The molecular formula is C14H13NO2S. The maximum absolute atomic E-state index is 11.5. The van der Waals surface area contributed by atoms with Gasteiger partial charge in [0.1, 0.15) is 0 Å². The van der Waals surface area contributed by atoms with Gasteiger partial charge in [-0.3, -0.25) is 4.98 Å². The summed E-state index contributed by atoms with van der Waals surface area (Å²) in [5.41, 5.74) is 2.39. The summed E-state index contributed by atoms with van der Waals surface area (Å²) in [6.45, 7) is 0. The van der Waals surface area contributed by atoms with Gasteiger partial charge >= 0.3 is 0 Å². The highest BCUT2D eigenvalue weighted by molar-refractivity contribution is 7.93. The van der Waals surface area contributed by atoms with E-state index in [-0.39, 0.29) is 0 Å². The molecule has 2 rings (SSSR count). The summed E-state index contributed by atoms with van der Waals surface area (Å²) in [5.74, 6) is 0. The van der Waals surface area contributed by atoms with Gasteiger partial charge in [-0.15, -0.1) is 0 Å². The van der Waals surface area contributed by atoms with Crippen molar-refractivity contribution >= 4 is 15.4 Å². The average molecular weight is 259 g/mol. The second-order valence-corrected chi connectivity index (χ2v) is 5.86. The third kappa shape index (κ3) is 3.28. The number of sulfone groups is 1. The zero-order chi connectivity index (χ0) is 13.0. The van der Waals surface area contributed by atoms with Crippen LogP contribution in [0.5, 0.6) is 0 Å². The van der Waals surface area contributed by atoms with Crippen molar-refractivity contribution in [2.45, 2.75) is 0 Å². The molecule has 4 heteroatoms. The number of pyridine rings is 1. The molecule has 0 aliphatic heterocycles. The molecule has 0 saturated heterocycles. The molecule has 1 heterocycles. The molecule has 1 aromatic carbocycles. The lowest BCUT2D eigenvalue weighted by Crippen LogP contribution is -1.95. The Kier molecular flexibility index (Phi) is 3.58. The van der Waals surface area contributed by atoms with Crippen LogP contribution in [0.15, 0.2) is 60.3 Å². The van der Waals surface area contributed by atoms with Crippen molar-refractivity contribution in [3.8, 4) is 0 Å². The van der Waals surface area contributed by atoms with E-state index in [0.717, 1.165) is 11.1 Å². The Morgan fingerprint density at radius 1 is 1.00 bits per heavy atom. The molecule has 0 aliphatic rings. The number of hydrogen-bond acceptors (Lipinski definition) is 3. The standard InChI is InChI=1S/C14H13NO2S/c1-18(16,17)11-14(12-5-3-2-4-6-12)13-7-9-15-10-8-13/h2-11H,1H3/b14-11-. The van der Waals surface area contributed by atoms with Gasteiger partial charge in [0, 0.05) is 29.6 Å². The molecule has 0 N–H and O–H groups in total. The largest absolute Gasteiger partial charge is 0.265 e. The first-order valence-electron chi connectivity index (χ1n) is 5.44. The van der Waals surface area contributed by atoms with Crippen molar-refractivity contribution in [2.75, 3.05) is 6.26 Å². The SMILES string of the molecule is CS(=O)(=O)/C=C(/c1ccccc1)c1ccncc1. The third-order valence-corrected chi connectivity index (χ3v) is 3.07. The molecule has 0 atom stereocenters. The van der Waals surface area contributed by atoms with Gasteiger partial charge in [0.25, 0.3) is 0 Å². The molecule has 2 aromatic rings. The molecule has 0 fully saturated rings. The minimum atomic E-state index is -3.20. The molecule has 0 aliphatic carbocycles. The van der Waals surface area contributed by atoms with E-state index in [2.05, 4.69) is 4.98 Å². The van der Waals surface area contributed by atoms with Crippen molar-refractivity contribution in [1.29, 1.82) is 0 Å². The number of hydrogen-bond donors (Lipinski definition) is 0. The van der Waals surface area contributed by atoms with Crippen molar-refractivity contribution in [3.63, 3.8) is 0 Å². The minimum absolute atomic E-state index is 0.681. The molecule has 1 aromatic heterocycles. The Balaban J connectivity index is 2.60. The van der Waals surface area contributed by atoms with E-state index < -0.39 is 9.84 Å². The van der Waals surface area contributed by atoms with Crippen LogP contribution in [0.25, 0.3) is 5.57 Å². The fourth-order valence-corrected chi connectivity index (χ4v) is 2.37. The highest BCUT2D eigenvalue weighted by atomic mass is 32.2. The molecule has 3 nitrogen and oxygen atoms in total. The first-order valence-corrected chi connectivity index (χ1v) is 7.39. The van der Waals surface area contributed by atoms with Crippen LogP contribution in [0.4, 0.5) is 0 Å². The minimum Gasteiger partial charge on any atom is -0.265 e. The molecule has 0 amide bonds. The van der Waals surface area contributed by atoms with Crippen LogP contribution in [-0.4, -0.2) is 19.7 Å². The van der Waals surface area contributed by atoms with Crippen LogP contribution in [0.1, 0.15) is 11.1 Å². The summed E-state index contributed by atoms with van der Waals surface area (Å²) in [6, 6.07) is 13.0. The molecule has 0 radical (unpaired) electrons. The summed E-state index contributed by atoms with van der Waals surface area (Å²) in [5, 5.41) is 1.29. The van der Waals surface area contributed by atoms with E-state index in [1.165, 1.54) is 11.7 Å². The monoisotopic (exact) mass is 259 g/mol. The first-order chi connectivity index (χ1) is 8.56. The van der Waals surface area contributed by atoms with E-state index in [0.29, 0.717) is 5.57 Å². The van der Waals surface area contributed by atoms with Gasteiger partial charge in [-0.05, 0) is 23.3 Å². The van der Waals surface area contributed by atoms with Gasteiger partial charge in [-0.1, -0.05) is 30.3 Å². The van der Waals surface area contributed by atoms with Crippen LogP contribution < -0.4 is 0 Å². The highest BCUT2D eigenvalue weighted by Crippen LogP contribution is 2.23. The summed E-state index contributed by atoms with van der Waals surface area (Å²) in [6.07, 6.45) is 4.49. The van der Waals surface area contributed by atoms with Gasteiger partial charge in [-0.25, -0.2) is 8.42 Å². The number of nitrogens with zero attached hydrogens (tertiary/aromatic N) is 1. The van der Waals surface area contributed by atoms with E-state index in [4.69, 9.17) is 0 Å². The van der Waals surface area contributed by atoms with Gasteiger partial charge in [0.05, 0.1) is 0 Å². The Morgan fingerprint density at radius 2 is 1.56 bits per heavy atom. The van der Waals surface area contributed by atoms with Crippen molar-refractivity contribution in [2.24, 2.45) is 0 Å². The fourth-order valence-electron chi connectivity index (χ4n) is 1.67. The van der Waals surface area contributed by atoms with Gasteiger partial charge < -0.3 is 0 Å². The van der Waals surface area contributed by atoms with Gasteiger partial charge in [-0.2, -0.15) is 0 Å². The van der Waals surface area contributed by atoms with Crippen LogP contribution in [0.3, 0.4) is 0 Å². The molecule has 0 spiro atoms. The quantitative estimate of drug-likeness (QED) is 0.851. The lowest BCUT2D eigenvalue weighted by molar-refractivity contribution is 0.610. The first kappa shape index (κ1) is 12.5. The lowest BCUT2D eigenvalue weighted by Gasteiger charge is -2.07. The normalized spacial score (nSPS) is 12.4. The van der Waals surface area contributed by atoms with E-state index in [1.807, 2.05) is 30.3 Å². The number of benzene rings is 1. The Bertz CT molecular complexity index is 605. The van der Waals surface area contributed by atoms with E-state index in [9.17, 15) is 8.42 Å². The van der Waals surface area contributed by atoms with Gasteiger partial charge in [0.2, 0.25) is 0 Å². The maximum atomic E-state index is 11.5. The molecule has 92 valence electrons.